The molecule has 0 saturated heterocycles. The minimum atomic E-state index is -0.268. The Balaban J connectivity index is 1.57. The van der Waals surface area contributed by atoms with Crippen molar-refractivity contribution >= 4 is 23.1 Å². The summed E-state index contributed by atoms with van der Waals surface area (Å²) in [5.74, 6) is 3.35. The fourth-order valence-corrected chi connectivity index (χ4v) is 3.96. The summed E-state index contributed by atoms with van der Waals surface area (Å²) in [6.45, 7) is 1.22. The van der Waals surface area contributed by atoms with Gasteiger partial charge in [-0.2, -0.15) is 4.98 Å². The van der Waals surface area contributed by atoms with Gasteiger partial charge in [0.25, 0.3) is 0 Å². The Bertz CT molecular complexity index is 894. The van der Waals surface area contributed by atoms with Crippen LogP contribution in [0.1, 0.15) is 38.1 Å². The van der Waals surface area contributed by atoms with Crippen molar-refractivity contribution in [2.75, 3.05) is 24.3 Å². The third-order valence-electron chi connectivity index (χ3n) is 5.45. The maximum Gasteiger partial charge on any atom is 0.350 e. The number of nitrogens with zero attached hydrogens (tertiary/aromatic N) is 2. The first-order valence-electron chi connectivity index (χ1n) is 9.79. The van der Waals surface area contributed by atoms with Crippen molar-refractivity contribution in [1.82, 2.24) is 9.55 Å². The molecule has 1 fully saturated rings. The van der Waals surface area contributed by atoms with Gasteiger partial charge >= 0.3 is 5.69 Å². The number of anilines is 2. The van der Waals surface area contributed by atoms with E-state index in [1.807, 2.05) is 18.2 Å². The van der Waals surface area contributed by atoms with Gasteiger partial charge in [0.05, 0.1) is 12.8 Å². The number of benzene rings is 1. The topological polar surface area (TPSA) is 91.4 Å². The summed E-state index contributed by atoms with van der Waals surface area (Å²) in [4.78, 5) is 16.9. The molecule has 4 rings (SSSR count). The van der Waals surface area contributed by atoms with Crippen LogP contribution in [0, 0.1) is 5.92 Å². The number of nitrogens with two attached hydrogens (primary N) is 1. The Morgan fingerprint density at radius 3 is 2.86 bits per heavy atom. The van der Waals surface area contributed by atoms with E-state index in [0.29, 0.717) is 53.7 Å². The number of halogens is 1. The van der Waals surface area contributed by atoms with Crippen molar-refractivity contribution in [1.29, 1.82) is 0 Å². The van der Waals surface area contributed by atoms with Gasteiger partial charge in [0.2, 0.25) is 0 Å². The molecule has 0 spiro atoms. The molecule has 150 valence electrons. The zero-order valence-electron chi connectivity index (χ0n) is 15.7. The van der Waals surface area contributed by atoms with Gasteiger partial charge in [-0.25, -0.2) is 4.79 Å². The highest BCUT2D eigenvalue weighted by Gasteiger charge is 2.26. The number of alkyl halides is 1. The number of ether oxygens (including phenoxy) is 2. The second kappa shape index (κ2) is 8.41. The second-order valence-electron chi connectivity index (χ2n) is 7.30. The lowest BCUT2D eigenvalue weighted by Gasteiger charge is -2.30. The lowest BCUT2D eigenvalue weighted by Crippen LogP contribution is -2.31. The Kier molecular flexibility index (Phi) is 5.73. The van der Waals surface area contributed by atoms with Gasteiger partial charge in [0.1, 0.15) is 11.4 Å². The summed E-state index contributed by atoms with van der Waals surface area (Å²) >= 11 is 5.72. The molecule has 7 nitrogen and oxygen atoms in total. The molecule has 0 radical (unpaired) electrons. The number of fused-ring (bicyclic) bond motifs is 2. The molecule has 1 aromatic carbocycles. The highest BCUT2D eigenvalue weighted by molar-refractivity contribution is 6.17. The summed E-state index contributed by atoms with van der Waals surface area (Å²) in [5, 5.41) is 3.20. The van der Waals surface area contributed by atoms with Crippen LogP contribution in [0.4, 0.5) is 11.5 Å². The van der Waals surface area contributed by atoms with Gasteiger partial charge in [0, 0.05) is 11.9 Å². The molecule has 0 unspecified atom stereocenters. The van der Waals surface area contributed by atoms with Gasteiger partial charge in [-0.1, -0.05) is 6.07 Å². The zero-order valence-corrected chi connectivity index (χ0v) is 16.5. The minimum Gasteiger partial charge on any atom is -0.491 e. The lowest BCUT2D eigenvalue weighted by molar-refractivity contribution is 0.271. The van der Waals surface area contributed by atoms with Gasteiger partial charge < -0.3 is 20.5 Å². The van der Waals surface area contributed by atoms with Crippen LogP contribution in [0.2, 0.25) is 0 Å². The highest BCUT2D eigenvalue weighted by atomic mass is 35.5. The van der Waals surface area contributed by atoms with Crippen LogP contribution in [0.15, 0.2) is 29.2 Å². The van der Waals surface area contributed by atoms with Crippen molar-refractivity contribution in [2.45, 2.75) is 38.1 Å². The summed E-state index contributed by atoms with van der Waals surface area (Å²) in [7, 11) is 0. The van der Waals surface area contributed by atoms with E-state index < -0.39 is 0 Å². The maximum atomic E-state index is 12.6. The number of hydrogen-bond donors (Lipinski definition) is 2. The van der Waals surface area contributed by atoms with E-state index >= 15 is 0 Å². The molecule has 3 N–H and O–H groups in total. The van der Waals surface area contributed by atoms with Crippen LogP contribution >= 0.6 is 11.6 Å². The van der Waals surface area contributed by atoms with E-state index in [-0.39, 0.29) is 11.7 Å². The fourth-order valence-electron chi connectivity index (χ4n) is 3.85. The molecule has 1 aliphatic heterocycles. The predicted octanol–water partition coefficient (Wildman–Crippen LogP) is 3.79. The van der Waals surface area contributed by atoms with E-state index in [9.17, 15) is 4.79 Å². The lowest BCUT2D eigenvalue weighted by atomic mass is 9.86. The van der Waals surface area contributed by atoms with E-state index in [1.54, 1.807) is 10.8 Å². The Morgan fingerprint density at radius 2 is 2.11 bits per heavy atom. The summed E-state index contributed by atoms with van der Waals surface area (Å²) < 4.78 is 13.5. The van der Waals surface area contributed by atoms with Crippen LogP contribution in [0.3, 0.4) is 0 Å². The molecule has 1 aromatic heterocycles. The van der Waals surface area contributed by atoms with Crippen LogP contribution in [0.5, 0.6) is 17.2 Å². The van der Waals surface area contributed by atoms with E-state index in [4.69, 9.17) is 26.8 Å². The highest BCUT2D eigenvalue weighted by Crippen LogP contribution is 2.45. The van der Waals surface area contributed by atoms with Gasteiger partial charge in [-0.15, -0.1) is 11.6 Å². The zero-order chi connectivity index (χ0) is 19.5. The van der Waals surface area contributed by atoms with Crippen LogP contribution in [-0.2, 0) is 0 Å². The molecule has 8 heteroatoms. The standard InChI is InChI=1S/C20H25ClN4O3/c21-9-2-10-27-15-3-1-4-16-18(15)23-19-17(28-16)12-25(20(26)24-19)14-7-5-13(11-22)6-8-14/h1,3-4,12-14H,2,5-11,22H2,(H,23,24,26). The monoisotopic (exact) mass is 404 g/mol. The van der Waals surface area contributed by atoms with Gasteiger partial charge in [-0.05, 0) is 56.7 Å². The third-order valence-corrected chi connectivity index (χ3v) is 5.72. The molecule has 0 atom stereocenters. The van der Waals surface area contributed by atoms with E-state index in [1.165, 1.54) is 0 Å². The minimum absolute atomic E-state index is 0.142. The Morgan fingerprint density at radius 1 is 1.29 bits per heavy atom. The predicted molar refractivity (Wildman–Crippen MR) is 109 cm³/mol. The molecule has 2 heterocycles. The SMILES string of the molecule is NCC1CCC(n2cc3c(nc2=O)Nc2c(OCCCCl)cccc2O3)CC1. The molecular formula is C20H25ClN4O3. The molecule has 1 aliphatic carbocycles. The number of para-hydroxylation sites is 1. The second-order valence-corrected chi connectivity index (χ2v) is 7.68. The van der Waals surface area contributed by atoms with Crippen molar-refractivity contribution < 1.29 is 9.47 Å². The Labute approximate surface area is 168 Å². The molecule has 28 heavy (non-hydrogen) atoms. The fraction of sp³-hybridized carbons (Fsp3) is 0.500. The normalized spacial score (nSPS) is 20.5. The van der Waals surface area contributed by atoms with Crippen molar-refractivity contribution in [2.24, 2.45) is 11.7 Å². The summed E-state index contributed by atoms with van der Waals surface area (Å²) in [6, 6.07) is 5.73. The first-order chi connectivity index (χ1) is 13.7. The van der Waals surface area contributed by atoms with Gasteiger partial charge in [-0.3, -0.25) is 4.57 Å². The smallest absolute Gasteiger partial charge is 0.350 e. The maximum absolute atomic E-state index is 12.6. The number of hydrogen-bond acceptors (Lipinski definition) is 6. The largest absolute Gasteiger partial charge is 0.491 e. The van der Waals surface area contributed by atoms with E-state index in [0.717, 1.165) is 32.1 Å². The first-order valence-corrected chi connectivity index (χ1v) is 10.3. The Hall–Kier alpha value is -2.25. The van der Waals surface area contributed by atoms with E-state index in [2.05, 4.69) is 10.3 Å². The molecule has 2 aliphatic rings. The summed E-state index contributed by atoms with van der Waals surface area (Å²) in [6.07, 6.45) is 6.47. The van der Waals surface area contributed by atoms with Crippen molar-refractivity contribution in [3.63, 3.8) is 0 Å². The molecule has 1 saturated carbocycles. The number of aromatic nitrogens is 2. The van der Waals surface area contributed by atoms with Crippen LogP contribution in [0.25, 0.3) is 0 Å². The average Bonchev–Trinajstić information content (AvgIpc) is 2.72. The average molecular weight is 405 g/mol. The van der Waals surface area contributed by atoms with Gasteiger partial charge in [0.15, 0.2) is 17.3 Å². The van der Waals surface area contributed by atoms with Crippen LogP contribution in [-0.4, -0.2) is 28.6 Å². The third kappa shape index (κ3) is 3.82. The number of nitrogens with one attached hydrogen (secondary N) is 1. The molecule has 2 aromatic rings. The van der Waals surface area contributed by atoms with Crippen molar-refractivity contribution in [3.8, 4) is 17.2 Å². The summed E-state index contributed by atoms with van der Waals surface area (Å²) in [5.41, 5.74) is 6.19. The van der Waals surface area contributed by atoms with Crippen molar-refractivity contribution in [3.05, 3.63) is 34.9 Å². The molecule has 0 bridgehead atoms. The quantitative estimate of drug-likeness (QED) is 0.479. The van der Waals surface area contributed by atoms with Crippen LogP contribution < -0.4 is 26.2 Å². The molecular weight excluding hydrogens is 380 g/mol. The number of rotatable bonds is 6. The first kappa shape index (κ1) is 19.1. The molecule has 0 amide bonds.